The summed E-state index contributed by atoms with van der Waals surface area (Å²) in [6.07, 6.45) is 1.98. The van der Waals surface area contributed by atoms with Crippen molar-refractivity contribution in [2.75, 3.05) is 13.7 Å². The van der Waals surface area contributed by atoms with Gasteiger partial charge in [0.25, 0.3) is 0 Å². The Morgan fingerprint density at radius 1 is 0.541 bits per heavy atom. The number of hydrogen-bond acceptors (Lipinski definition) is 1. The number of benzene rings is 6. The van der Waals surface area contributed by atoms with Crippen LogP contribution in [0.25, 0.3) is 38.8 Å². The second-order valence-corrected chi connectivity index (χ2v) is 21.4. The molecule has 4 aliphatic rings. The average Bonchev–Trinajstić information content (AvgIpc) is 3.88. The third-order valence-electron chi connectivity index (χ3n) is 14.4. The highest BCUT2D eigenvalue weighted by Crippen LogP contribution is 2.63. The fraction of sp³-hybridized carbons (Fsp3) is 0.263. The minimum absolute atomic E-state index is 0.0143. The SMILES string of the molecule is CC(C)(C)c1cc(C2(c3ccc4c5ccccc5n(-c5cc(C(C)(C)C)ccn5)c4c3)c3ccccc3-c3ccccc32)cc([N@@+]23[CH-][N@@+](C)(C2)c2cc(C(C)(C)C)ccc23)c1. The van der Waals surface area contributed by atoms with E-state index in [9.17, 15) is 0 Å². The van der Waals surface area contributed by atoms with Crippen LogP contribution in [-0.4, -0.2) is 23.3 Å². The Kier molecular flexibility index (Phi) is 7.75. The molecule has 0 spiro atoms. The zero-order valence-corrected chi connectivity index (χ0v) is 37.4. The molecule has 4 nitrogen and oxygen atoms in total. The molecule has 6 aromatic carbocycles. The number of hydrogen-bond donors (Lipinski definition) is 0. The molecule has 12 rings (SSSR count). The Labute approximate surface area is 361 Å². The predicted molar refractivity (Wildman–Crippen MR) is 257 cm³/mol. The lowest BCUT2D eigenvalue weighted by atomic mass is 9.66. The van der Waals surface area contributed by atoms with Gasteiger partial charge < -0.3 is 4.48 Å². The molecule has 1 saturated heterocycles. The molecule has 1 aliphatic carbocycles. The van der Waals surface area contributed by atoms with E-state index >= 15 is 0 Å². The van der Waals surface area contributed by atoms with Gasteiger partial charge in [0, 0.05) is 41.2 Å². The molecule has 2 aromatic heterocycles. The zero-order chi connectivity index (χ0) is 42.5. The largest absolute Gasteiger partial charge is 0.325 e. The summed E-state index contributed by atoms with van der Waals surface area (Å²) >= 11 is 0. The first-order valence-corrected chi connectivity index (χ1v) is 22.1. The van der Waals surface area contributed by atoms with Crippen molar-refractivity contribution < 1.29 is 0 Å². The van der Waals surface area contributed by atoms with E-state index in [-0.39, 0.29) is 16.2 Å². The molecule has 0 N–H and O–H groups in total. The number of para-hydroxylation sites is 1. The molecule has 1 fully saturated rings. The predicted octanol–water partition coefficient (Wildman–Crippen LogP) is 14.1. The Morgan fingerprint density at radius 3 is 1.82 bits per heavy atom. The molecule has 5 heterocycles. The van der Waals surface area contributed by atoms with Gasteiger partial charge in [0.05, 0.1) is 30.2 Å². The van der Waals surface area contributed by atoms with Crippen molar-refractivity contribution in [3.8, 4) is 16.9 Å². The van der Waals surface area contributed by atoms with E-state index in [4.69, 9.17) is 4.98 Å². The van der Waals surface area contributed by atoms with E-state index in [1.807, 2.05) is 6.20 Å². The molecule has 0 radical (unpaired) electrons. The Morgan fingerprint density at radius 2 is 1.15 bits per heavy atom. The summed E-state index contributed by atoms with van der Waals surface area (Å²) in [6.45, 7) is 24.5. The molecule has 304 valence electrons. The lowest BCUT2D eigenvalue weighted by Gasteiger charge is -2.55. The van der Waals surface area contributed by atoms with Crippen molar-refractivity contribution in [1.29, 1.82) is 0 Å². The Hall–Kier alpha value is -5.81. The summed E-state index contributed by atoms with van der Waals surface area (Å²) in [7, 11) is 2.38. The van der Waals surface area contributed by atoms with Gasteiger partial charge in [-0.25, -0.2) is 4.98 Å². The number of aromatic nitrogens is 2. The molecule has 2 bridgehead atoms. The van der Waals surface area contributed by atoms with Gasteiger partial charge in [-0.1, -0.05) is 153 Å². The second kappa shape index (κ2) is 12.4. The van der Waals surface area contributed by atoms with Gasteiger partial charge in [-0.3, -0.25) is 9.05 Å². The van der Waals surface area contributed by atoms with Gasteiger partial charge in [-0.05, 0) is 90.6 Å². The van der Waals surface area contributed by atoms with Crippen LogP contribution < -0.4 is 8.97 Å². The van der Waals surface area contributed by atoms with E-state index in [1.54, 1.807) is 0 Å². The van der Waals surface area contributed by atoms with E-state index in [0.29, 0.717) is 0 Å². The first kappa shape index (κ1) is 38.1. The van der Waals surface area contributed by atoms with E-state index < -0.39 is 5.41 Å². The van der Waals surface area contributed by atoms with Gasteiger partial charge in [0.15, 0.2) is 18.0 Å². The van der Waals surface area contributed by atoms with Crippen LogP contribution in [0.1, 0.15) is 101 Å². The van der Waals surface area contributed by atoms with E-state index in [2.05, 4.69) is 220 Å². The van der Waals surface area contributed by atoms with E-state index in [1.165, 1.54) is 88.9 Å². The van der Waals surface area contributed by atoms with Crippen molar-refractivity contribution in [3.05, 3.63) is 191 Å². The monoisotopic (exact) mass is 797 g/mol. The maximum absolute atomic E-state index is 5.08. The maximum atomic E-state index is 5.08. The molecule has 0 saturated carbocycles. The number of pyridine rings is 1. The highest BCUT2D eigenvalue weighted by Gasteiger charge is 2.60. The molecular formula is C57H57N4+. The van der Waals surface area contributed by atoms with Crippen molar-refractivity contribution in [3.63, 3.8) is 0 Å². The summed E-state index contributed by atoms with van der Waals surface area (Å²) in [6, 6.07) is 53.8. The first-order chi connectivity index (χ1) is 28.9. The van der Waals surface area contributed by atoms with Crippen LogP contribution in [0.4, 0.5) is 17.1 Å². The molecule has 61 heavy (non-hydrogen) atoms. The summed E-state index contributed by atoms with van der Waals surface area (Å²) in [4.78, 5) is 5.08. The van der Waals surface area contributed by atoms with Gasteiger partial charge >= 0.3 is 0 Å². The minimum Gasteiger partial charge on any atom is -0.325 e. The van der Waals surface area contributed by atoms with Crippen LogP contribution in [-0.2, 0) is 21.7 Å². The number of nitrogens with zero attached hydrogens (tertiary/aromatic N) is 4. The topological polar surface area (TPSA) is 17.8 Å². The van der Waals surface area contributed by atoms with Crippen LogP contribution >= 0.6 is 0 Å². The molecule has 4 heteroatoms. The maximum Gasteiger partial charge on any atom is 0.181 e. The van der Waals surface area contributed by atoms with Gasteiger partial charge in [0.1, 0.15) is 11.5 Å². The van der Waals surface area contributed by atoms with Crippen molar-refractivity contribution in [2.45, 2.75) is 84.0 Å². The fourth-order valence-corrected chi connectivity index (χ4v) is 11.1. The quantitative estimate of drug-likeness (QED) is 0.128. The summed E-state index contributed by atoms with van der Waals surface area (Å²) < 4.78 is 3.99. The Bertz CT molecular complexity index is 3070. The highest BCUT2D eigenvalue weighted by molar-refractivity contribution is 6.09. The molecule has 3 aliphatic heterocycles. The zero-order valence-electron chi connectivity index (χ0n) is 37.4. The van der Waals surface area contributed by atoms with Crippen LogP contribution in [0.5, 0.6) is 0 Å². The van der Waals surface area contributed by atoms with Crippen LogP contribution in [0, 0.1) is 6.67 Å². The highest BCUT2D eigenvalue weighted by atomic mass is 15.7. The summed E-state index contributed by atoms with van der Waals surface area (Å²) in [5, 5.41) is 2.47. The van der Waals surface area contributed by atoms with Crippen molar-refractivity contribution in [2.24, 2.45) is 0 Å². The minimum atomic E-state index is -0.598. The van der Waals surface area contributed by atoms with Crippen molar-refractivity contribution >= 4 is 38.9 Å². The van der Waals surface area contributed by atoms with Gasteiger partial charge in [-0.15, -0.1) is 0 Å². The van der Waals surface area contributed by atoms with Gasteiger partial charge in [0.2, 0.25) is 0 Å². The summed E-state index contributed by atoms with van der Waals surface area (Å²) in [5.41, 5.74) is 17.7. The molecule has 8 aromatic rings. The number of rotatable bonds is 4. The Balaban J connectivity index is 1.23. The molecule has 0 amide bonds. The first-order valence-electron chi connectivity index (χ1n) is 22.1. The third-order valence-corrected chi connectivity index (χ3v) is 14.4. The molecule has 0 unspecified atom stereocenters. The fourth-order valence-electron chi connectivity index (χ4n) is 11.1. The molecule has 2 atom stereocenters. The van der Waals surface area contributed by atoms with Crippen LogP contribution in [0.2, 0.25) is 0 Å². The molecular weight excluding hydrogens is 741 g/mol. The van der Waals surface area contributed by atoms with Crippen LogP contribution in [0.15, 0.2) is 146 Å². The average molecular weight is 798 g/mol. The van der Waals surface area contributed by atoms with Crippen molar-refractivity contribution in [1.82, 2.24) is 18.5 Å². The normalized spacial score (nSPS) is 20.1. The van der Waals surface area contributed by atoms with Crippen LogP contribution in [0.3, 0.4) is 0 Å². The third kappa shape index (κ3) is 5.28. The standard InChI is InChI=1S/C57H57N4/c1-54(2,3)37-24-26-51-52(33-37)60(10)35-61(51,36-60)42-30-40(56(7,8)9)29-41(31-42)57(47-20-14-11-17-43(47)44-18-12-15-21-48(44)57)39-23-25-46-45-19-13-16-22-49(45)59(50(46)32-39)53-34-38(27-28-58-53)55(4,5)6/h11-35H,36H2,1-10H3/q+1/t60-,61+/m0/s1. The smallest absolute Gasteiger partial charge is 0.181 e. The lowest BCUT2D eigenvalue weighted by molar-refractivity contribution is 0.157. The van der Waals surface area contributed by atoms with E-state index in [0.717, 1.165) is 21.5 Å². The van der Waals surface area contributed by atoms with Gasteiger partial charge in [-0.2, -0.15) is 0 Å². The number of fused-ring (bicyclic) bond motifs is 6. The summed E-state index contributed by atoms with van der Waals surface area (Å²) in [5.74, 6) is 0.946. The number of quaternary nitrogens is 2. The second-order valence-electron chi connectivity index (χ2n) is 21.4. The lowest BCUT2D eigenvalue weighted by Crippen LogP contribution is -2.68.